The molecule has 0 saturated carbocycles. The Morgan fingerprint density at radius 1 is 1.26 bits per heavy atom. The van der Waals surface area contributed by atoms with E-state index in [-0.39, 0.29) is 24.6 Å². The number of H-pyrrole nitrogens is 2. The molecule has 1 aromatic carbocycles. The maximum atomic E-state index is 12.3. The van der Waals surface area contributed by atoms with Crippen LogP contribution in [-0.4, -0.2) is 38.2 Å². The number of aromatic nitrogens is 4. The average molecular weight is 367 g/mol. The predicted octanol–water partition coefficient (Wildman–Crippen LogP) is 1.54. The Kier molecular flexibility index (Phi) is 4.11. The molecule has 1 aliphatic heterocycles. The molecule has 0 spiro atoms. The largest absolute Gasteiger partial charge is 0.461 e. The first-order chi connectivity index (χ1) is 13.1. The zero-order valence-electron chi connectivity index (χ0n) is 14.5. The third-order valence-corrected chi connectivity index (χ3v) is 4.41. The first kappa shape index (κ1) is 16.8. The van der Waals surface area contributed by atoms with Crippen LogP contribution in [0, 0.1) is 0 Å². The number of nitrogens with zero attached hydrogens (tertiary/aromatic N) is 2. The molecule has 1 amide bonds. The van der Waals surface area contributed by atoms with Crippen molar-refractivity contribution in [2.45, 2.75) is 19.3 Å². The first-order valence-electron chi connectivity index (χ1n) is 8.51. The van der Waals surface area contributed by atoms with Gasteiger partial charge in [-0.2, -0.15) is 5.10 Å². The quantitative estimate of drug-likeness (QED) is 0.604. The highest BCUT2D eigenvalue weighted by Crippen LogP contribution is 2.38. The van der Waals surface area contributed by atoms with E-state index in [1.165, 1.54) is 0 Å². The van der Waals surface area contributed by atoms with E-state index >= 15 is 0 Å². The summed E-state index contributed by atoms with van der Waals surface area (Å²) in [5, 5.41) is 7.21. The number of carbonyl (C=O) groups excluding carboxylic acids is 2. The third kappa shape index (κ3) is 2.92. The van der Waals surface area contributed by atoms with Gasteiger partial charge >= 0.3 is 11.7 Å². The molecular formula is C18H17N5O4. The van der Waals surface area contributed by atoms with Crippen molar-refractivity contribution in [3.05, 3.63) is 64.0 Å². The van der Waals surface area contributed by atoms with Gasteiger partial charge in [-0.3, -0.25) is 9.78 Å². The standard InChI is InChI=1S/C18H17N5O4/c1-2-27-17(25)15-14(21-18(26)22-15)11-8-13(24)20-16-12(11)9-19-23(16)10-6-4-3-5-7-10/h3-7,9,11H,2,8H2,1H3,(H,20,24)(H2,21,22,26). The first-order valence-corrected chi connectivity index (χ1v) is 8.51. The summed E-state index contributed by atoms with van der Waals surface area (Å²) in [4.78, 5) is 41.5. The number of para-hydroxylation sites is 1. The van der Waals surface area contributed by atoms with Crippen molar-refractivity contribution in [3.8, 4) is 5.69 Å². The van der Waals surface area contributed by atoms with Crippen molar-refractivity contribution in [2.24, 2.45) is 0 Å². The molecule has 9 heteroatoms. The highest BCUT2D eigenvalue weighted by atomic mass is 16.5. The van der Waals surface area contributed by atoms with Crippen LogP contribution in [0.25, 0.3) is 5.69 Å². The van der Waals surface area contributed by atoms with Crippen LogP contribution in [0.4, 0.5) is 5.82 Å². The molecule has 0 fully saturated rings. The lowest BCUT2D eigenvalue weighted by Crippen LogP contribution is -2.26. The minimum atomic E-state index is -0.645. The van der Waals surface area contributed by atoms with Crippen LogP contribution < -0.4 is 11.0 Å². The smallest absolute Gasteiger partial charge is 0.356 e. The van der Waals surface area contributed by atoms with Gasteiger partial charge in [-0.25, -0.2) is 14.3 Å². The number of anilines is 1. The maximum Gasteiger partial charge on any atom is 0.356 e. The summed E-state index contributed by atoms with van der Waals surface area (Å²) in [6.07, 6.45) is 1.71. The number of nitrogens with one attached hydrogen (secondary N) is 3. The number of aromatic amines is 2. The number of rotatable bonds is 4. The van der Waals surface area contributed by atoms with Crippen molar-refractivity contribution >= 4 is 17.7 Å². The Morgan fingerprint density at radius 2 is 2.04 bits per heavy atom. The number of esters is 1. The van der Waals surface area contributed by atoms with Gasteiger partial charge in [-0.05, 0) is 19.1 Å². The zero-order chi connectivity index (χ0) is 19.0. The van der Waals surface area contributed by atoms with Crippen molar-refractivity contribution in [2.75, 3.05) is 11.9 Å². The van der Waals surface area contributed by atoms with E-state index in [2.05, 4.69) is 20.4 Å². The van der Waals surface area contributed by atoms with E-state index in [0.29, 0.717) is 17.1 Å². The number of fused-ring (bicyclic) bond motifs is 1. The third-order valence-electron chi connectivity index (χ3n) is 4.41. The summed E-state index contributed by atoms with van der Waals surface area (Å²) < 4.78 is 6.63. The lowest BCUT2D eigenvalue weighted by Gasteiger charge is -2.23. The summed E-state index contributed by atoms with van der Waals surface area (Å²) >= 11 is 0. The van der Waals surface area contributed by atoms with Gasteiger partial charge in [0, 0.05) is 17.9 Å². The second-order valence-electron chi connectivity index (χ2n) is 6.09. The lowest BCUT2D eigenvalue weighted by atomic mass is 9.90. The molecule has 1 atom stereocenters. The Hall–Kier alpha value is -3.62. The van der Waals surface area contributed by atoms with Gasteiger partial charge in [0.05, 0.1) is 24.2 Å². The lowest BCUT2D eigenvalue weighted by molar-refractivity contribution is -0.116. The highest BCUT2D eigenvalue weighted by molar-refractivity contribution is 5.96. The van der Waals surface area contributed by atoms with Crippen molar-refractivity contribution in [3.63, 3.8) is 0 Å². The fourth-order valence-corrected chi connectivity index (χ4v) is 3.26. The van der Waals surface area contributed by atoms with Crippen LogP contribution in [0.1, 0.15) is 41.0 Å². The highest BCUT2D eigenvalue weighted by Gasteiger charge is 2.34. The van der Waals surface area contributed by atoms with Crippen LogP contribution in [0.5, 0.6) is 0 Å². The van der Waals surface area contributed by atoms with Crippen molar-refractivity contribution < 1.29 is 14.3 Å². The van der Waals surface area contributed by atoms with Gasteiger partial charge in [-0.1, -0.05) is 18.2 Å². The average Bonchev–Trinajstić information content (AvgIpc) is 3.25. The van der Waals surface area contributed by atoms with E-state index in [1.54, 1.807) is 17.8 Å². The van der Waals surface area contributed by atoms with Gasteiger partial charge in [-0.15, -0.1) is 0 Å². The SMILES string of the molecule is CCOC(=O)c1[nH]c(=O)[nH]c1C1CC(=O)Nc2c1cnn2-c1ccccc1. The molecule has 3 aromatic rings. The summed E-state index contributed by atoms with van der Waals surface area (Å²) in [7, 11) is 0. The predicted molar refractivity (Wildman–Crippen MR) is 96.0 cm³/mol. The van der Waals surface area contributed by atoms with Crippen LogP contribution in [0.15, 0.2) is 41.3 Å². The minimum absolute atomic E-state index is 0.0277. The van der Waals surface area contributed by atoms with Crippen molar-refractivity contribution in [1.82, 2.24) is 19.7 Å². The normalized spacial score (nSPS) is 15.9. The minimum Gasteiger partial charge on any atom is -0.461 e. The Bertz CT molecular complexity index is 1060. The molecule has 9 nitrogen and oxygen atoms in total. The second-order valence-corrected chi connectivity index (χ2v) is 6.09. The molecule has 0 radical (unpaired) electrons. The van der Waals surface area contributed by atoms with E-state index in [4.69, 9.17) is 4.74 Å². The molecule has 0 bridgehead atoms. The topological polar surface area (TPSA) is 122 Å². The van der Waals surface area contributed by atoms with E-state index in [0.717, 1.165) is 5.69 Å². The van der Waals surface area contributed by atoms with Gasteiger partial charge in [0.25, 0.3) is 0 Å². The number of imidazole rings is 1. The molecule has 138 valence electrons. The number of amides is 1. The van der Waals surface area contributed by atoms with Crippen LogP contribution in [0.2, 0.25) is 0 Å². The van der Waals surface area contributed by atoms with Crippen LogP contribution in [0.3, 0.4) is 0 Å². The number of ether oxygens (including phenoxy) is 1. The Labute approximate surface area is 153 Å². The number of benzene rings is 1. The van der Waals surface area contributed by atoms with E-state index < -0.39 is 17.6 Å². The van der Waals surface area contributed by atoms with Gasteiger partial charge < -0.3 is 15.0 Å². The molecule has 3 N–H and O–H groups in total. The second kappa shape index (κ2) is 6.60. The van der Waals surface area contributed by atoms with Gasteiger partial charge in [0.15, 0.2) is 0 Å². The summed E-state index contributed by atoms with van der Waals surface area (Å²) in [5.41, 5.74) is 1.31. The summed E-state index contributed by atoms with van der Waals surface area (Å²) in [6, 6.07) is 9.36. The van der Waals surface area contributed by atoms with Crippen LogP contribution in [-0.2, 0) is 9.53 Å². The molecule has 3 heterocycles. The molecule has 1 unspecified atom stereocenters. The summed E-state index contributed by atoms with van der Waals surface area (Å²) in [5.74, 6) is -0.889. The van der Waals surface area contributed by atoms with Crippen molar-refractivity contribution in [1.29, 1.82) is 0 Å². The van der Waals surface area contributed by atoms with E-state index in [9.17, 15) is 14.4 Å². The fourth-order valence-electron chi connectivity index (χ4n) is 3.26. The van der Waals surface area contributed by atoms with Gasteiger partial charge in [0.2, 0.25) is 5.91 Å². The molecule has 27 heavy (non-hydrogen) atoms. The fraction of sp³-hybridized carbons (Fsp3) is 0.222. The maximum absolute atomic E-state index is 12.3. The van der Waals surface area contributed by atoms with E-state index in [1.807, 2.05) is 30.3 Å². The van der Waals surface area contributed by atoms with Crippen LogP contribution >= 0.6 is 0 Å². The monoisotopic (exact) mass is 367 g/mol. The number of hydrogen-bond acceptors (Lipinski definition) is 5. The molecule has 1 aliphatic rings. The molecule has 0 aliphatic carbocycles. The number of hydrogen-bond donors (Lipinski definition) is 3. The number of carbonyl (C=O) groups is 2. The molecule has 2 aromatic heterocycles. The Morgan fingerprint density at radius 3 is 2.78 bits per heavy atom. The zero-order valence-corrected chi connectivity index (χ0v) is 14.5. The van der Waals surface area contributed by atoms with Gasteiger partial charge in [0.1, 0.15) is 11.5 Å². The molecule has 0 saturated heterocycles. The Balaban J connectivity index is 1.82. The molecule has 4 rings (SSSR count). The molecular weight excluding hydrogens is 350 g/mol. The summed E-state index contributed by atoms with van der Waals surface area (Å²) in [6.45, 7) is 1.85.